The fourth-order valence-electron chi connectivity index (χ4n) is 4.28. The van der Waals surface area contributed by atoms with Gasteiger partial charge in [-0.15, -0.1) is 0 Å². The number of fused-ring (bicyclic) bond motifs is 3. The average Bonchev–Trinajstić information content (AvgIpc) is 3.25. The summed E-state index contributed by atoms with van der Waals surface area (Å²) in [6.07, 6.45) is 0.0103. The number of halogens is 1. The van der Waals surface area contributed by atoms with Gasteiger partial charge in [-0.2, -0.15) is 0 Å². The number of benzene rings is 1. The molecule has 8 nitrogen and oxygen atoms in total. The van der Waals surface area contributed by atoms with Crippen molar-refractivity contribution >= 4 is 29.7 Å². The number of nitrogens with one attached hydrogen (secondary N) is 1. The minimum absolute atomic E-state index is 0.0152. The molecule has 1 aromatic carbocycles. The van der Waals surface area contributed by atoms with Gasteiger partial charge in [0, 0.05) is 48.8 Å². The van der Waals surface area contributed by atoms with Gasteiger partial charge in [0.15, 0.2) is 0 Å². The molecule has 2 N–H and O–H groups in total. The molecule has 2 unspecified atom stereocenters. The van der Waals surface area contributed by atoms with Crippen molar-refractivity contribution in [3.63, 3.8) is 0 Å². The average molecular weight is 446 g/mol. The minimum Gasteiger partial charge on any atom is -0.465 e. The van der Waals surface area contributed by atoms with Gasteiger partial charge in [-0.05, 0) is 38.5 Å². The van der Waals surface area contributed by atoms with Crippen LogP contribution in [0.5, 0.6) is 0 Å². The van der Waals surface area contributed by atoms with Gasteiger partial charge in [-0.25, -0.2) is 9.59 Å². The van der Waals surface area contributed by atoms with E-state index in [2.05, 4.69) is 5.32 Å². The lowest BCUT2D eigenvalue weighted by atomic mass is 9.86. The number of rotatable bonds is 1. The maximum atomic E-state index is 12.8. The number of carboxylic acid groups (broad SMARTS) is 1. The SMILES string of the molecule is CC(C)(C)OC(=O)n1ccc(Cl)c1-c1ccc2c(c1)C(=O)NCC1CN(C(=O)O)CC21. The predicted molar refractivity (Wildman–Crippen MR) is 115 cm³/mol. The molecule has 0 radical (unpaired) electrons. The molecule has 9 heteroatoms. The molecule has 2 aromatic rings. The molecule has 164 valence electrons. The lowest BCUT2D eigenvalue weighted by molar-refractivity contribution is 0.0540. The summed E-state index contributed by atoms with van der Waals surface area (Å²) in [6, 6.07) is 6.95. The second-order valence-corrected chi connectivity index (χ2v) is 9.34. The first-order valence-corrected chi connectivity index (χ1v) is 10.4. The zero-order valence-corrected chi connectivity index (χ0v) is 18.3. The lowest BCUT2D eigenvalue weighted by Gasteiger charge is -2.21. The minimum atomic E-state index is -0.959. The highest BCUT2D eigenvalue weighted by atomic mass is 35.5. The molecule has 1 saturated heterocycles. The van der Waals surface area contributed by atoms with Crippen molar-refractivity contribution in [2.75, 3.05) is 19.6 Å². The Morgan fingerprint density at radius 3 is 2.65 bits per heavy atom. The van der Waals surface area contributed by atoms with Gasteiger partial charge in [0.1, 0.15) is 5.60 Å². The van der Waals surface area contributed by atoms with Gasteiger partial charge in [0.2, 0.25) is 0 Å². The lowest BCUT2D eigenvalue weighted by Crippen LogP contribution is -2.31. The summed E-state index contributed by atoms with van der Waals surface area (Å²) in [5.74, 6) is -0.284. The van der Waals surface area contributed by atoms with E-state index in [0.717, 1.165) is 5.56 Å². The highest BCUT2D eigenvalue weighted by molar-refractivity contribution is 6.33. The van der Waals surface area contributed by atoms with Crippen LogP contribution in [0.15, 0.2) is 30.5 Å². The maximum Gasteiger partial charge on any atom is 0.419 e. The van der Waals surface area contributed by atoms with Crippen LogP contribution in [0.1, 0.15) is 42.6 Å². The van der Waals surface area contributed by atoms with E-state index in [9.17, 15) is 19.5 Å². The normalized spacial score (nSPS) is 20.5. The Kier molecular flexibility index (Phi) is 5.21. The molecule has 0 bridgehead atoms. The molecule has 2 aliphatic rings. The summed E-state index contributed by atoms with van der Waals surface area (Å²) in [5, 5.41) is 12.6. The van der Waals surface area contributed by atoms with Crippen molar-refractivity contribution in [1.82, 2.24) is 14.8 Å². The van der Waals surface area contributed by atoms with Gasteiger partial charge >= 0.3 is 12.2 Å². The van der Waals surface area contributed by atoms with Crippen LogP contribution in [-0.2, 0) is 4.74 Å². The highest BCUT2D eigenvalue weighted by Gasteiger charge is 2.40. The van der Waals surface area contributed by atoms with Crippen molar-refractivity contribution in [1.29, 1.82) is 0 Å². The Morgan fingerprint density at radius 2 is 1.97 bits per heavy atom. The molecule has 4 rings (SSSR count). The fraction of sp³-hybridized carbons (Fsp3) is 0.409. The van der Waals surface area contributed by atoms with Crippen molar-refractivity contribution in [3.05, 3.63) is 46.6 Å². The van der Waals surface area contributed by atoms with Crippen LogP contribution in [0.25, 0.3) is 11.3 Å². The first kappa shape index (κ1) is 21.2. The molecule has 1 aromatic heterocycles. The maximum absolute atomic E-state index is 12.8. The molecule has 2 atom stereocenters. The Labute approximate surface area is 184 Å². The number of ether oxygens (including phenoxy) is 1. The fourth-order valence-corrected chi connectivity index (χ4v) is 4.53. The highest BCUT2D eigenvalue weighted by Crippen LogP contribution is 2.39. The number of likely N-dealkylation sites (tertiary alicyclic amines) is 1. The van der Waals surface area contributed by atoms with Crippen LogP contribution in [0.2, 0.25) is 5.02 Å². The van der Waals surface area contributed by atoms with E-state index in [1.165, 1.54) is 15.7 Å². The summed E-state index contributed by atoms with van der Waals surface area (Å²) in [6.45, 7) is 6.47. The van der Waals surface area contributed by atoms with Crippen LogP contribution < -0.4 is 5.32 Å². The Hall–Kier alpha value is -3.00. The number of hydrogen-bond acceptors (Lipinski definition) is 4. The topological polar surface area (TPSA) is 101 Å². The van der Waals surface area contributed by atoms with Gasteiger partial charge in [-0.3, -0.25) is 9.36 Å². The molecule has 1 fully saturated rings. The van der Waals surface area contributed by atoms with Crippen molar-refractivity contribution in [3.8, 4) is 11.3 Å². The van der Waals surface area contributed by atoms with E-state index < -0.39 is 17.8 Å². The Morgan fingerprint density at radius 1 is 1.23 bits per heavy atom. The van der Waals surface area contributed by atoms with Crippen LogP contribution in [-0.4, -0.2) is 57.9 Å². The zero-order chi connectivity index (χ0) is 22.5. The van der Waals surface area contributed by atoms with Gasteiger partial charge in [0.25, 0.3) is 5.91 Å². The van der Waals surface area contributed by atoms with E-state index in [1.807, 2.05) is 6.07 Å². The molecule has 0 spiro atoms. The zero-order valence-electron chi connectivity index (χ0n) is 17.5. The summed E-state index contributed by atoms with van der Waals surface area (Å²) in [7, 11) is 0. The summed E-state index contributed by atoms with van der Waals surface area (Å²) in [4.78, 5) is 38.3. The van der Waals surface area contributed by atoms with Gasteiger partial charge < -0.3 is 20.1 Å². The summed E-state index contributed by atoms with van der Waals surface area (Å²) < 4.78 is 6.80. The second-order valence-electron chi connectivity index (χ2n) is 8.93. The van der Waals surface area contributed by atoms with Gasteiger partial charge in [0.05, 0.1) is 10.7 Å². The predicted octanol–water partition coefficient (Wildman–Crippen LogP) is 4.03. The number of nitrogens with zero attached hydrogens (tertiary/aromatic N) is 2. The molecule has 31 heavy (non-hydrogen) atoms. The third-order valence-corrected chi connectivity index (χ3v) is 5.94. The van der Waals surface area contributed by atoms with E-state index in [4.69, 9.17) is 16.3 Å². The molecule has 2 aliphatic heterocycles. The van der Waals surface area contributed by atoms with E-state index in [-0.39, 0.29) is 17.7 Å². The van der Waals surface area contributed by atoms with E-state index >= 15 is 0 Å². The Balaban J connectivity index is 1.74. The third-order valence-electron chi connectivity index (χ3n) is 5.63. The summed E-state index contributed by atoms with van der Waals surface area (Å²) in [5.41, 5.74) is 1.63. The third kappa shape index (κ3) is 3.99. The summed E-state index contributed by atoms with van der Waals surface area (Å²) >= 11 is 6.39. The van der Waals surface area contributed by atoms with Crippen LogP contribution in [0, 0.1) is 5.92 Å². The standard InChI is InChI=1S/C22H24ClN3O5/c1-22(2,3)31-21(30)26-7-6-17(23)18(26)12-4-5-14-15(8-12)19(27)24-9-13-10-25(20(28)29)11-16(13)14/h4-8,13,16H,9-11H2,1-3H3,(H,24,27)(H,28,29). The van der Waals surface area contributed by atoms with Crippen LogP contribution in [0.4, 0.5) is 9.59 Å². The monoisotopic (exact) mass is 445 g/mol. The number of aromatic nitrogens is 1. The van der Waals surface area contributed by atoms with Crippen LogP contribution in [0.3, 0.4) is 0 Å². The van der Waals surface area contributed by atoms with E-state index in [1.54, 1.807) is 39.0 Å². The quantitative estimate of drug-likeness (QED) is 0.690. The molecule has 2 amide bonds. The number of amides is 2. The largest absolute Gasteiger partial charge is 0.465 e. The second kappa shape index (κ2) is 7.60. The number of hydrogen-bond donors (Lipinski definition) is 2. The molecule has 3 heterocycles. The Bertz CT molecular complexity index is 1070. The van der Waals surface area contributed by atoms with E-state index in [0.29, 0.717) is 41.5 Å². The van der Waals surface area contributed by atoms with Crippen LogP contribution >= 0.6 is 11.6 Å². The molecular weight excluding hydrogens is 422 g/mol. The number of carbonyl (C=O) groups is 3. The van der Waals surface area contributed by atoms with Crippen molar-refractivity contribution in [2.45, 2.75) is 32.3 Å². The first-order valence-electron chi connectivity index (χ1n) is 10.1. The number of carbonyl (C=O) groups excluding carboxylic acids is 2. The smallest absolute Gasteiger partial charge is 0.419 e. The van der Waals surface area contributed by atoms with Gasteiger partial charge in [-0.1, -0.05) is 23.7 Å². The molecule has 0 saturated carbocycles. The van der Waals surface area contributed by atoms with Crippen molar-refractivity contribution in [2.24, 2.45) is 5.92 Å². The van der Waals surface area contributed by atoms with Crippen molar-refractivity contribution < 1.29 is 24.2 Å². The molecule has 0 aliphatic carbocycles. The molecular formula is C22H24ClN3O5. The first-order chi connectivity index (χ1) is 14.5.